The van der Waals surface area contributed by atoms with E-state index in [9.17, 15) is 23.3 Å². The van der Waals surface area contributed by atoms with Crippen molar-refractivity contribution in [1.82, 2.24) is 10.4 Å². The second kappa shape index (κ2) is 8.39. The summed E-state index contributed by atoms with van der Waals surface area (Å²) in [6.45, 7) is 0. The molecule has 0 saturated carbocycles. The van der Waals surface area contributed by atoms with Gasteiger partial charge in [-0.2, -0.15) is 5.26 Å². The van der Waals surface area contributed by atoms with Crippen LogP contribution in [-0.2, 0) is 29.7 Å². The number of esters is 1. The van der Waals surface area contributed by atoms with E-state index in [-0.39, 0.29) is 28.4 Å². The quantitative estimate of drug-likeness (QED) is 0.501. The van der Waals surface area contributed by atoms with E-state index in [4.69, 9.17) is 9.57 Å². The predicted molar refractivity (Wildman–Crippen MR) is 127 cm³/mol. The van der Waals surface area contributed by atoms with Crippen LogP contribution in [0.15, 0.2) is 94.5 Å². The van der Waals surface area contributed by atoms with E-state index in [0.717, 1.165) is 5.06 Å². The van der Waals surface area contributed by atoms with Gasteiger partial charge in [-0.3, -0.25) is 0 Å². The lowest BCUT2D eigenvalue weighted by atomic mass is 9.68. The minimum atomic E-state index is -3.77. The van der Waals surface area contributed by atoms with Crippen LogP contribution in [0.1, 0.15) is 24.0 Å². The number of nitrogens with one attached hydrogen (secondary N) is 1. The van der Waals surface area contributed by atoms with Crippen molar-refractivity contribution in [2.75, 3.05) is 7.11 Å². The summed E-state index contributed by atoms with van der Waals surface area (Å²) in [6, 6.07) is 16.4. The number of methoxy groups -OCH3 is 1. The maximum absolute atomic E-state index is 13.2. The summed E-state index contributed by atoms with van der Waals surface area (Å²) in [5.74, 6) is -0.435. The van der Waals surface area contributed by atoms with E-state index in [0.29, 0.717) is 11.1 Å². The molecule has 2 atom stereocenters. The Morgan fingerprint density at radius 1 is 1.22 bits per heavy atom. The number of amides is 2. The lowest BCUT2D eigenvalue weighted by molar-refractivity contribution is -0.135. The zero-order valence-electron chi connectivity index (χ0n) is 19.2. The summed E-state index contributed by atoms with van der Waals surface area (Å²) in [4.78, 5) is 31.2. The third kappa shape index (κ3) is 3.39. The van der Waals surface area contributed by atoms with E-state index in [1.807, 2.05) is 0 Å². The van der Waals surface area contributed by atoms with Crippen molar-refractivity contribution in [3.8, 4) is 6.07 Å². The average molecular weight is 504 g/mol. The molecule has 0 aromatic heterocycles. The molecule has 2 fully saturated rings. The van der Waals surface area contributed by atoms with E-state index < -0.39 is 32.9 Å². The highest BCUT2D eigenvalue weighted by Crippen LogP contribution is 2.56. The van der Waals surface area contributed by atoms with Crippen molar-refractivity contribution in [2.24, 2.45) is 0 Å². The highest BCUT2D eigenvalue weighted by molar-refractivity contribution is 7.95. The third-order valence-corrected chi connectivity index (χ3v) is 8.52. The summed E-state index contributed by atoms with van der Waals surface area (Å²) >= 11 is 0. The molecular weight excluding hydrogens is 482 g/mol. The Hall–Kier alpha value is -4.36. The number of allylic oxidation sites excluding steroid dienone is 1. The van der Waals surface area contributed by atoms with Gasteiger partial charge in [0, 0.05) is 6.42 Å². The number of hydrogen-bond donors (Lipinski definition) is 1. The molecule has 2 aliphatic heterocycles. The molecule has 2 heterocycles. The van der Waals surface area contributed by atoms with Crippen LogP contribution in [0.4, 0.5) is 4.79 Å². The van der Waals surface area contributed by atoms with Crippen molar-refractivity contribution >= 4 is 21.8 Å². The van der Waals surface area contributed by atoms with Crippen LogP contribution >= 0.6 is 0 Å². The van der Waals surface area contributed by atoms with Crippen LogP contribution in [0.5, 0.6) is 0 Å². The number of carbonyl (C=O) groups excluding carboxylic acids is 2. The average Bonchev–Trinajstić information content (AvgIpc) is 3.39. The molecule has 9 nitrogen and oxygen atoms in total. The van der Waals surface area contributed by atoms with Gasteiger partial charge in [0.1, 0.15) is 11.3 Å². The van der Waals surface area contributed by atoms with Crippen LogP contribution < -0.4 is 5.32 Å². The first kappa shape index (κ1) is 23.4. The topological polar surface area (TPSA) is 126 Å². The molecule has 2 unspecified atom stereocenters. The number of carbonyl (C=O) groups is 2. The summed E-state index contributed by atoms with van der Waals surface area (Å²) < 4.78 is 31.1. The molecule has 1 N–H and O–H groups in total. The minimum Gasteiger partial charge on any atom is -0.466 e. The van der Waals surface area contributed by atoms with Gasteiger partial charge in [-0.1, -0.05) is 42.5 Å². The smallest absolute Gasteiger partial charge is 0.352 e. The second-order valence-electron chi connectivity index (χ2n) is 8.61. The summed E-state index contributed by atoms with van der Waals surface area (Å²) in [5.41, 5.74) is -1.35. The standard InChI is InChI=1S/C26H21N3O6S/c1-34-23(30)15-20-16-26(19-7-5-6-18(14-19)17-27)25(28-24(31)29(26)35-20)12-10-22(11-13-25)36(32,33)21-8-3-2-4-9-21/h2-12,14-15H,13,16H2,1H3,(H,28,31). The second-order valence-corrected chi connectivity index (χ2v) is 10.6. The number of hydrogen-bond acceptors (Lipinski definition) is 7. The molecule has 0 bridgehead atoms. The zero-order chi connectivity index (χ0) is 25.6. The maximum Gasteiger partial charge on any atom is 0.352 e. The molecule has 10 heteroatoms. The number of ether oxygens (including phenoxy) is 1. The molecule has 5 rings (SSSR count). The summed E-state index contributed by atoms with van der Waals surface area (Å²) in [6.07, 6.45) is 6.10. The van der Waals surface area contributed by atoms with Crippen LogP contribution in [0.3, 0.4) is 0 Å². The maximum atomic E-state index is 13.2. The molecule has 3 aliphatic rings. The minimum absolute atomic E-state index is 0.0919. The van der Waals surface area contributed by atoms with Crippen LogP contribution in [-0.4, -0.2) is 38.1 Å². The normalized spacial score (nSPS) is 25.7. The lowest BCUT2D eigenvalue weighted by Crippen LogP contribution is -2.55. The highest BCUT2D eigenvalue weighted by atomic mass is 32.2. The molecule has 1 aliphatic carbocycles. The van der Waals surface area contributed by atoms with E-state index in [1.54, 1.807) is 54.6 Å². The number of fused-ring (bicyclic) bond motifs is 2. The van der Waals surface area contributed by atoms with Gasteiger partial charge >= 0.3 is 12.0 Å². The largest absolute Gasteiger partial charge is 0.466 e. The number of urea groups is 1. The number of sulfone groups is 1. The first-order valence-corrected chi connectivity index (χ1v) is 12.5. The van der Waals surface area contributed by atoms with Gasteiger partial charge in [0.2, 0.25) is 9.84 Å². The Bertz CT molecular complexity index is 1510. The van der Waals surface area contributed by atoms with Gasteiger partial charge in [-0.05, 0) is 42.3 Å². The highest BCUT2D eigenvalue weighted by Gasteiger charge is 2.68. The van der Waals surface area contributed by atoms with Crippen LogP contribution in [0.25, 0.3) is 0 Å². The molecular formula is C26H21N3O6S. The van der Waals surface area contributed by atoms with Gasteiger partial charge < -0.3 is 14.9 Å². The first-order valence-electron chi connectivity index (χ1n) is 11.0. The van der Waals surface area contributed by atoms with Crippen molar-refractivity contribution in [3.05, 3.63) is 101 Å². The zero-order valence-corrected chi connectivity index (χ0v) is 20.0. The Balaban J connectivity index is 1.63. The molecule has 2 aromatic carbocycles. The molecule has 2 saturated heterocycles. The van der Waals surface area contributed by atoms with Crippen molar-refractivity contribution < 1.29 is 27.6 Å². The van der Waals surface area contributed by atoms with Gasteiger partial charge in [-0.25, -0.2) is 18.0 Å². The first-order chi connectivity index (χ1) is 17.3. The van der Waals surface area contributed by atoms with Gasteiger partial charge in [0.05, 0.1) is 40.2 Å². The Morgan fingerprint density at radius 2 is 2.00 bits per heavy atom. The fourth-order valence-corrected chi connectivity index (χ4v) is 6.33. The van der Waals surface area contributed by atoms with E-state index >= 15 is 0 Å². The lowest BCUT2D eigenvalue weighted by Gasteiger charge is -2.42. The molecule has 182 valence electrons. The van der Waals surface area contributed by atoms with Crippen molar-refractivity contribution in [3.63, 3.8) is 0 Å². The van der Waals surface area contributed by atoms with Crippen molar-refractivity contribution in [2.45, 2.75) is 28.8 Å². The number of rotatable bonds is 4. The Kier molecular flexibility index (Phi) is 5.45. The molecule has 0 radical (unpaired) electrons. The monoisotopic (exact) mass is 503 g/mol. The number of nitrogens with zero attached hydrogens (tertiary/aromatic N) is 2. The fraction of sp³-hybridized carbons (Fsp3) is 0.192. The van der Waals surface area contributed by atoms with Crippen molar-refractivity contribution in [1.29, 1.82) is 5.26 Å². The van der Waals surface area contributed by atoms with Gasteiger partial charge in [-0.15, -0.1) is 5.06 Å². The molecule has 36 heavy (non-hydrogen) atoms. The third-order valence-electron chi connectivity index (χ3n) is 6.71. The molecule has 2 aromatic rings. The molecule has 1 spiro atoms. The van der Waals surface area contributed by atoms with Crippen LogP contribution in [0, 0.1) is 11.3 Å². The fourth-order valence-electron chi connectivity index (χ4n) is 5.00. The Labute approximate surface area is 207 Å². The van der Waals surface area contributed by atoms with Crippen LogP contribution in [0.2, 0.25) is 0 Å². The number of hydroxylamine groups is 2. The number of nitriles is 1. The predicted octanol–water partition coefficient (Wildman–Crippen LogP) is 3.23. The van der Waals surface area contributed by atoms with E-state index in [1.165, 1.54) is 31.4 Å². The van der Waals surface area contributed by atoms with Gasteiger partial charge in [0.15, 0.2) is 0 Å². The van der Waals surface area contributed by atoms with E-state index in [2.05, 4.69) is 11.4 Å². The summed E-state index contributed by atoms with van der Waals surface area (Å²) in [5, 5.41) is 13.6. The van der Waals surface area contributed by atoms with Gasteiger partial charge in [0.25, 0.3) is 0 Å². The molecule has 2 amide bonds. The SMILES string of the molecule is COC(=O)C=C1CC2(c3cccc(C#N)c3)N(O1)C(=O)NC21C=CC(S(=O)(=O)c2ccccc2)=CC1. The number of benzene rings is 2. The summed E-state index contributed by atoms with van der Waals surface area (Å²) in [7, 11) is -2.53. The Morgan fingerprint density at radius 3 is 2.67 bits per heavy atom.